The van der Waals surface area contributed by atoms with Crippen LogP contribution in [0.3, 0.4) is 0 Å². The van der Waals surface area contributed by atoms with Gasteiger partial charge in [0.15, 0.2) is 0 Å². The molecule has 0 saturated carbocycles. The van der Waals surface area contributed by atoms with Crippen molar-refractivity contribution in [2.75, 3.05) is 18.0 Å². The molecule has 1 aromatic carbocycles. The molecular weight excluding hydrogens is 306 g/mol. The van der Waals surface area contributed by atoms with Gasteiger partial charge in [0.25, 0.3) is 5.69 Å². The van der Waals surface area contributed by atoms with Gasteiger partial charge in [-0.3, -0.25) is 15.1 Å². The van der Waals surface area contributed by atoms with Gasteiger partial charge in [0.1, 0.15) is 0 Å². The van der Waals surface area contributed by atoms with Crippen molar-refractivity contribution in [1.82, 2.24) is 4.98 Å². The van der Waals surface area contributed by atoms with Gasteiger partial charge in [-0.15, -0.1) is 0 Å². The largest absolute Gasteiger partial charge is 0.389 e. The first-order chi connectivity index (χ1) is 11.5. The van der Waals surface area contributed by atoms with Crippen molar-refractivity contribution in [3.05, 3.63) is 64.0 Å². The monoisotopic (exact) mass is 327 g/mol. The van der Waals surface area contributed by atoms with Gasteiger partial charge >= 0.3 is 0 Å². The summed E-state index contributed by atoms with van der Waals surface area (Å²) in [6.45, 7) is 3.20. The maximum absolute atomic E-state index is 10.9. The van der Waals surface area contributed by atoms with E-state index >= 15 is 0 Å². The second-order valence-corrected chi connectivity index (χ2v) is 6.44. The van der Waals surface area contributed by atoms with Gasteiger partial charge in [0.2, 0.25) is 0 Å². The van der Waals surface area contributed by atoms with E-state index in [1.807, 2.05) is 24.3 Å². The Balaban J connectivity index is 1.66. The van der Waals surface area contributed by atoms with Crippen LogP contribution < -0.4 is 4.90 Å². The molecule has 0 unspecified atom stereocenters. The van der Waals surface area contributed by atoms with Gasteiger partial charge in [0, 0.05) is 48.7 Å². The highest BCUT2D eigenvalue weighted by molar-refractivity contribution is 5.55. The van der Waals surface area contributed by atoms with Crippen LogP contribution in [0.5, 0.6) is 0 Å². The predicted molar refractivity (Wildman–Crippen MR) is 92.2 cm³/mol. The summed E-state index contributed by atoms with van der Waals surface area (Å²) in [5, 5.41) is 21.7. The second kappa shape index (κ2) is 6.57. The molecule has 0 amide bonds. The van der Waals surface area contributed by atoms with Crippen molar-refractivity contribution < 1.29 is 10.0 Å². The number of pyridine rings is 1. The van der Waals surface area contributed by atoms with Crippen LogP contribution in [-0.4, -0.2) is 33.7 Å². The number of aromatic nitrogens is 1. The minimum atomic E-state index is -0.735. The van der Waals surface area contributed by atoms with Crippen molar-refractivity contribution >= 4 is 11.4 Å². The topological polar surface area (TPSA) is 79.5 Å². The summed E-state index contributed by atoms with van der Waals surface area (Å²) in [6, 6.07) is 10.9. The Hall–Kier alpha value is -2.47. The van der Waals surface area contributed by atoms with Gasteiger partial charge in [-0.2, -0.15) is 0 Å². The predicted octanol–water partition coefficient (Wildman–Crippen LogP) is 2.87. The number of rotatable bonds is 4. The normalized spacial score (nSPS) is 16.8. The smallest absolute Gasteiger partial charge is 0.272 e. The summed E-state index contributed by atoms with van der Waals surface area (Å²) in [6.07, 6.45) is 3.60. The van der Waals surface area contributed by atoms with Gasteiger partial charge in [-0.1, -0.05) is 6.07 Å². The lowest BCUT2D eigenvalue weighted by Gasteiger charge is -2.39. The molecule has 1 fully saturated rings. The molecule has 2 aromatic rings. The molecule has 24 heavy (non-hydrogen) atoms. The van der Waals surface area contributed by atoms with Gasteiger partial charge in [-0.25, -0.2) is 0 Å². The molecule has 0 atom stereocenters. The maximum Gasteiger partial charge on any atom is 0.272 e. The van der Waals surface area contributed by atoms with E-state index in [0.29, 0.717) is 24.8 Å². The van der Waals surface area contributed by atoms with E-state index < -0.39 is 5.60 Å². The van der Waals surface area contributed by atoms with E-state index in [-0.39, 0.29) is 10.6 Å². The number of nitrogens with zero attached hydrogens (tertiary/aromatic N) is 3. The fourth-order valence-corrected chi connectivity index (χ4v) is 3.24. The maximum atomic E-state index is 10.9. The number of hydrogen-bond acceptors (Lipinski definition) is 5. The summed E-state index contributed by atoms with van der Waals surface area (Å²) in [5.41, 5.74) is 1.94. The zero-order chi connectivity index (χ0) is 17.2. The highest BCUT2D eigenvalue weighted by atomic mass is 16.6. The molecule has 1 aliphatic rings. The minimum absolute atomic E-state index is 0.141. The molecule has 1 saturated heterocycles. The molecule has 6 heteroatoms. The molecule has 0 radical (unpaired) electrons. The summed E-state index contributed by atoms with van der Waals surface area (Å²) in [5.74, 6) is 0. The third-order valence-electron chi connectivity index (χ3n) is 4.67. The molecule has 2 heterocycles. The Morgan fingerprint density at radius 3 is 2.62 bits per heavy atom. The van der Waals surface area contributed by atoms with E-state index in [2.05, 4.69) is 9.88 Å². The summed E-state index contributed by atoms with van der Waals surface area (Å²) < 4.78 is 0. The Bertz CT molecular complexity index is 726. The van der Waals surface area contributed by atoms with E-state index in [1.165, 1.54) is 0 Å². The SMILES string of the molecule is Cc1cc(N2CCC(O)(Cc3ccccn3)CC2)ccc1[N+](=O)[O-]. The van der Waals surface area contributed by atoms with Crippen molar-refractivity contribution in [2.45, 2.75) is 31.8 Å². The third kappa shape index (κ3) is 3.54. The molecule has 1 aromatic heterocycles. The Labute approximate surface area is 140 Å². The van der Waals surface area contributed by atoms with Crippen LogP contribution in [0.25, 0.3) is 0 Å². The zero-order valence-corrected chi connectivity index (χ0v) is 13.7. The molecule has 0 spiro atoms. The van der Waals surface area contributed by atoms with Crippen LogP contribution in [0.15, 0.2) is 42.6 Å². The molecule has 3 rings (SSSR count). The van der Waals surface area contributed by atoms with Gasteiger partial charge < -0.3 is 10.0 Å². The fraction of sp³-hybridized carbons (Fsp3) is 0.389. The highest BCUT2D eigenvalue weighted by Gasteiger charge is 2.33. The standard InChI is InChI=1S/C18H21N3O3/c1-14-12-16(5-6-17(14)21(23)24)20-10-7-18(22,8-11-20)13-15-4-2-3-9-19-15/h2-6,9,12,22H,7-8,10-11,13H2,1H3. The number of anilines is 1. The number of aryl methyl sites for hydroxylation is 1. The average molecular weight is 327 g/mol. The number of aliphatic hydroxyl groups is 1. The van der Waals surface area contributed by atoms with Crippen LogP contribution in [-0.2, 0) is 6.42 Å². The lowest BCUT2D eigenvalue weighted by Crippen LogP contribution is -2.45. The van der Waals surface area contributed by atoms with Gasteiger partial charge in [0.05, 0.1) is 10.5 Å². The Kier molecular flexibility index (Phi) is 4.49. The first kappa shape index (κ1) is 16.4. The number of benzene rings is 1. The van der Waals surface area contributed by atoms with Crippen molar-refractivity contribution in [2.24, 2.45) is 0 Å². The van der Waals surface area contributed by atoms with Crippen LogP contribution in [0, 0.1) is 17.0 Å². The van der Waals surface area contributed by atoms with Crippen LogP contribution in [0.4, 0.5) is 11.4 Å². The van der Waals surface area contributed by atoms with Crippen molar-refractivity contribution in [3.63, 3.8) is 0 Å². The van der Waals surface area contributed by atoms with Crippen molar-refractivity contribution in [3.8, 4) is 0 Å². The summed E-state index contributed by atoms with van der Waals surface area (Å²) >= 11 is 0. The molecule has 0 bridgehead atoms. The molecule has 1 aliphatic heterocycles. The van der Waals surface area contributed by atoms with E-state index in [4.69, 9.17) is 0 Å². The van der Waals surface area contributed by atoms with E-state index in [0.717, 1.165) is 24.5 Å². The van der Waals surface area contributed by atoms with Crippen molar-refractivity contribution in [1.29, 1.82) is 0 Å². The van der Waals surface area contributed by atoms with Crippen LogP contribution >= 0.6 is 0 Å². The molecule has 1 N–H and O–H groups in total. The van der Waals surface area contributed by atoms with Crippen LogP contribution in [0.1, 0.15) is 24.1 Å². The quantitative estimate of drug-likeness (QED) is 0.690. The first-order valence-corrected chi connectivity index (χ1v) is 8.09. The Morgan fingerprint density at radius 1 is 1.29 bits per heavy atom. The van der Waals surface area contributed by atoms with E-state index in [1.54, 1.807) is 25.3 Å². The van der Waals surface area contributed by atoms with Gasteiger partial charge in [-0.05, 0) is 44.0 Å². The Morgan fingerprint density at radius 2 is 2.04 bits per heavy atom. The zero-order valence-electron chi connectivity index (χ0n) is 13.7. The highest BCUT2D eigenvalue weighted by Crippen LogP contribution is 2.31. The number of nitro benzene ring substituents is 1. The number of hydrogen-bond donors (Lipinski definition) is 1. The molecule has 126 valence electrons. The molecular formula is C18H21N3O3. The minimum Gasteiger partial charge on any atom is -0.389 e. The second-order valence-electron chi connectivity index (χ2n) is 6.44. The lowest BCUT2D eigenvalue weighted by atomic mass is 9.86. The molecule has 0 aliphatic carbocycles. The lowest BCUT2D eigenvalue weighted by molar-refractivity contribution is -0.385. The summed E-state index contributed by atoms with van der Waals surface area (Å²) in [7, 11) is 0. The van der Waals surface area contributed by atoms with Crippen LogP contribution in [0.2, 0.25) is 0 Å². The first-order valence-electron chi connectivity index (χ1n) is 8.09. The average Bonchev–Trinajstić information content (AvgIpc) is 2.55. The third-order valence-corrected chi connectivity index (χ3v) is 4.67. The summed E-state index contributed by atoms with van der Waals surface area (Å²) in [4.78, 5) is 17.0. The number of nitro groups is 1. The fourth-order valence-electron chi connectivity index (χ4n) is 3.24. The van der Waals surface area contributed by atoms with E-state index in [9.17, 15) is 15.2 Å². The number of piperidine rings is 1. The molecule has 6 nitrogen and oxygen atoms in total.